The van der Waals surface area contributed by atoms with E-state index in [9.17, 15) is 14.4 Å². The molecule has 4 amide bonds. The van der Waals surface area contributed by atoms with E-state index in [1.54, 1.807) is 0 Å². The molecule has 2 saturated heterocycles. The molecule has 0 saturated carbocycles. The van der Waals surface area contributed by atoms with E-state index in [1.807, 2.05) is 0 Å². The number of nitrogens with zero attached hydrogens (tertiary/aromatic N) is 1. The molecule has 8 nitrogen and oxygen atoms in total. The standard InChI is InChI=1S/C8H12N4O4/c1-16-4(13)2-3-12-6-5(10-8(12)15)9-7(14)11-6/h5-6H,2-3H2,1H3,(H,10,15)(H2,9,11,14)/t5-,6+/m0/s1. The number of carbonyl (C=O) groups is 3. The molecule has 8 heteroatoms. The van der Waals surface area contributed by atoms with Gasteiger partial charge in [-0.3, -0.25) is 9.69 Å². The zero-order chi connectivity index (χ0) is 11.7. The molecular weight excluding hydrogens is 216 g/mol. The van der Waals surface area contributed by atoms with E-state index in [4.69, 9.17) is 0 Å². The zero-order valence-corrected chi connectivity index (χ0v) is 8.65. The van der Waals surface area contributed by atoms with Crippen LogP contribution in [-0.2, 0) is 9.53 Å². The molecule has 16 heavy (non-hydrogen) atoms. The third-order valence-corrected chi connectivity index (χ3v) is 2.54. The zero-order valence-electron chi connectivity index (χ0n) is 8.65. The first-order valence-corrected chi connectivity index (χ1v) is 4.83. The molecule has 2 fully saturated rings. The second-order valence-electron chi connectivity index (χ2n) is 3.51. The van der Waals surface area contributed by atoms with E-state index in [0.29, 0.717) is 0 Å². The number of urea groups is 2. The first-order valence-electron chi connectivity index (χ1n) is 4.83. The van der Waals surface area contributed by atoms with Crippen molar-refractivity contribution in [3.8, 4) is 0 Å². The van der Waals surface area contributed by atoms with Crippen LogP contribution in [0.1, 0.15) is 6.42 Å². The number of hydrogen-bond acceptors (Lipinski definition) is 4. The first-order chi connectivity index (χ1) is 7.61. The maximum atomic E-state index is 11.5. The number of nitrogens with one attached hydrogen (secondary N) is 3. The summed E-state index contributed by atoms with van der Waals surface area (Å²) >= 11 is 0. The lowest BCUT2D eigenvalue weighted by Crippen LogP contribution is -2.44. The van der Waals surface area contributed by atoms with Crippen molar-refractivity contribution in [1.29, 1.82) is 0 Å². The topological polar surface area (TPSA) is 99.8 Å². The Balaban J connectivity index is 1.95. The van der Waals surface area contributed by atoms with Crippen LogP contribution in [0.5, 0.6) is 0 Å². The number of rotatable bonds is 3. The Bertz CT molecular complexity index is 345. The van der Waals surface area contributed by atoms with Crippen molar-refractivity contribution in [3.05, 3.63) is 0 Å². The van der Waals surface area contributed by atoms with E-state index in [-0.39, 0.29) is 25.0 Å². The molecule has 0 bridgehead atoms. The van der Waals surface area contributed by atoms with E-state index in [2.05, 4.69) is 20.7 Å². The Morgan fingerprint density at radius 2 is 2.12 bits per heavy atom. The maximum absolute atomic E-state index is 11.5. The summed E-state index contributed by atoms with van der Waals surface area (Å²) in [5, 5.41) is 7.69. The molecule has 2 atom stereocenters. The second-order valence-corrected chi connectivity index (χ2v) is 3.51. The summed E-state index contributed by atoms with van der Waals surface area (Å²) in [4.78, 5) is 34.8. The maximum Gasteiger partial charge on any atom is 0.320 e. The average Bonchev–Trinajstić information content (AvgIpc) is 2.71. The first kappa shape index (κ1) is 10.5. The number of fused-ring (bicyclic) bond motifs is 1. The van der Waals surface area contributed by atoms with Gasteiger partial charge in [0.05, 0.1) is 13.5 Å². The number of methoxy groups -OCH3 is 1. The van der Waals surface area contributed by atoms with Crippen molar-refractivity contribution in [3.63, 3.8) is 0 Å². The van der Waals surface area contributed by atoms with Crippen LogP contribution in [0.2, 0.25) is 0 Å². The quantitative estimate of drug-likeness (QED) is 0.514. The van der Waals surface area contributed by atoms with E-state index < -0.39 is 18.3 Å². The van der Waals surface area contributed by atoms with Crippen LogP contribution in [0.15, 0.2) is 0 Å². The highest BCUT2D eigenvalue weighted by Gasteiger charge is 2.45. The van der Waals surface area contributed by atoms with Crippen molar-refractivity contribution >= 4 is 18.0 Å². The molecule has 88 valence electrons. The molecule has 2 aliphatic rings. The Hall–Kier alpha value is -1.99. The van der Waals surface area contributed by atoms with Gasteiger partial charge in [-0.15, -0.1) is 0 Å². The highest BCUT2D eigenvalue weighted by atomic mass is 16.5. The molecule has 0 aromatic rings. The van der Waals surface area contributed by atoms with Crippen LogP contribution in [0.3, 0.4) is 0 Å². The Labute approximate surface area is 91.3 Å². The lowest BCUT2D eigenvalue weighted by Gasteiger charge is -2.20. The van der Waals surface area contributed by atoms with Crippen molar-refractivity contribution in [1.82, 2.24) is 20.9 Å². The van der Waals surface area contributed by atoms with Gasteiger partial charge in [-0.05, 0) is 0 Å². The Kier molecular flexibility index (Phi) is 2.55. The van der Waals surface area contributed by atoms with Gasteiger partial charge in [0.2, 0.25) is 0 Å². The monoisotopic (exact) mass is 228 g/mol. The molecule has 0 spiro atoms. The molecule has 0 unspecified atom stereocenters. The normalized spacial score (nSPS) is 26.9. The van der Waals surface area contributed by atoms with Gasteiger partial charge in [0.1, 0.15) is 12.3 Å². The predicted octanol–water partition coefficient (Wildman–Crippen LogP) is -1.46. The van der Waals surface area contributed by atoms with Gasteiger partial charge in [0, 0.05) is 6.54 Å². The summed E-state index contributed by atoms with van der Waals surface area (Å²) in [5.41, 5.74) is 0. The minimum Gasteiger partial charge on any atom is -0.469 e. The molecule has 2 aliphatic heterocycles. The number of amides is 4. The number of hydrogen-bond donors (Lipinski definition) is 3. The van der Waals surface area contributed by atoms with Gasteiger partial charge in [-0.25, -0.2) is 9.59 Å². The fourth-order valence-corrected chi connectivity index (χ4v) is 1.75. The van der Waals surface area contributed by atoms with E-state index >= 15 is 0 Å². The summed E-state index contributed by atoms with van der Waals surface area (Å²) in [6, 6.07) is -0.649. The van der Waals surface area contributed by atoms with Crippen LogP contribution in [0, 0.1) is 0 Å². The predicted molar refractivity (Wildman–Crippen MR) is 51.1 cm³/mol. The molecule has 0 aliphatic carbocycles. The van der Waals surface area contributed by atoms with Crippen molar-refractivity contribution in [2.45, 2.75) is 18.8 Å². The lowest BCUT2D eigenvalue weighted by atomic mass is 10.3. The minimum absolute atomic E-state index is 0.100. The van der Waals surface area contributed by atoms with Crippen LogP contribution in [0.4, 0.5) is 9.59 Å². The van der Waals surface area contributed by atoms with Crippen molar-refractivity contribution < 1.29 is 19.1 Å². The molecule has 2 heterocycles. The average molecular weight is 228 g/mol. The molecular formula is C8H12N4O4. The second kappa shape index (κ2) is 3.87. The van der Waals surface area contributed by atoms with Gasteiger partial charge >= 0.3 is 18.0 Å². The molecule has 3 N–H and O–H groups in total. The fourth-order valence-electron chi connectivity index (χ4n) is 1.75. The van der Waals surface area contributed by atoms with Crippen molar-refractivity contribution in [2.24, 2.45) is 0 Å². The molecule has 0 radical (unpaired) electrons. The summed E-state index contributed by atoms with van der Waals surface area (Å²) in [6.07, 6.45) is -0.773. The van der Waals surface area contributed by atoms with Gasteiger partial charge in [-0.2, -0.15) is 0 Å². The molecule has 0 aromatic heterocycles. The number of carbonyl (C=O) groups excluding carboxylic acids is 3. The summed E-state index contributed by atoms with van der Waals surface area (Å²) in [6.45, 7) is 0.210. The summed E-state index contributed by atoms with van der Waals surface area (Å²) < 4.78 is 4.48. The number of esters is 1. The molecule has 0 aromatic carbocycles. The number of ether oxygens (including phenoxy) is 1. The fraction of sp³-hybridized carbons (Fsp3) is 0.625. The largest absolute Gasteiger partial charge is 0.469 e. The van der Waals surface area contributed by atoms with Crippen LogP contribution < -0.4 is 16.0 Å². The third-order valence-electron chi connectivity index (χ3n) is 2.54. The summed E-state index contributed by atoms with van der Waals surface area (Å²) in [7, 11) is 1.29. The van der Waals surface area contributed by atoms with E-state index in [0.717, 1.165) is 0 Å². The highest BCUT2D eigenvalue weighted by molar-refractivity contribution is 5.85. The minimum atomic E-state index is -0.440. The lowest BCUT2D eigenvalue weighted by molar-refractivity contribution is -0.140. The highest BCUT2D eigenvalue weighted by Crippen LogP contribution is 2.14. The van der Waals surface area contributed by atoms with Crippen LogP contribution >= 0.6 is 0 Å². The summed E-state index contributed by atoms with van der Waals surface area (Å²) in [5.74, 6) is -0.395. The van der Waals surface area contributed by atoms with Crippen LogP contribution in [0.25, 0.3) is 0 Å². The molecule has 2 rings (SSSR count). The van der Waals surface area contributed by atoms with Gasteiger partial charge < -0.3 is 20.7 Å². The Morgan fingerprint density at radius 1 is 1.38 bits per heavy atom. The van der Waals surface area contributed by atoms with Gasteiger partial charge in [0.15, 0.2) is 0 Å². The Morgan fingerprint density at radius 3 is 2.81 bits per heavy atom. The third kappa shape index (κ3) is 1.73. The van der Waals surface area contributed by atoms with Gasteiger partial charge in [-0.1, -0.05) is 0 Å². The van der Waals surface area contributed by atoms with Crippen molar-refractivity contribution in [2.75, 3.05) is 13.7 Å². The smallest absolute Gasteiger partial charge is 0.320 e. The van der Waals surface area contributed by atoms with Gasteiger partial charge in [0.25, 0.3) is 0 Å². The van der Waals surface area contributed by atoms with Crippen LogP contribution in [-0.4, -0.2) is 48.9 Å². The SMILES string of the molecule is COC(=O)CCN1C(=O)N[C@@H]2NC(=O)N[C@@H]21. The van der Waals surface area contributed by atoms with E-state index in [1.165, 1.54) is 12.0 Å².